The average molecular weight is 270 g/mol. The van der Waals surface area contributed by atoms with Crippen LogP contribution in [0, 0.1) is 0 Å². The van der Waals surface area contributed by atoms with Gasteiger partial charge in [0.05, 0.1) is 11.9 Å². The molecule has 0 saturated carbocycles. The predicted molar refractivity (Wildman–Crippen MR) is 71.0 cm³/mol. The Balaban J connectivity index is 2.04. The summed E-state index contributed by atoms with van der Waals surface area (Å²) in [4.78, 5) is 0. The van der Waals surface area contributed by atoms with E-state index < -0.39 is 10.0 Å². The number of hydrogen-bond donors (Lipinski definition) is 2. The van der Waals surface area contributed by atoms with Gasteiger partial charge in [0.1, 0.15) is 0 Å². The number of hydrogen-bond acceptors (Lipinski definition) is 4. The predicted octanol–water partition coefficient (Wildman–Crippen LogP) is 0.937. The summed E-state index contributed by atoms with van der Waals surface area (Å²) in [5, 5.41) is 2.72. The summed E-state index contributed by atoms with van der Waals surface area (Å²) >= 11 is 0. The third-order valence-corrected chi connectivity index (χ3v) is 4.78. The smallest absolute Gasteiger partial charge is 0.236 e. The van der Waals surface area contributed by atoms with Crippen LogP contribution in [0.4, 0.5) is 5.69 Å². The highest BCUT2D eigenvalue weighted by Gasteiger charge is 2.28. The van der Waals surface area contributed by atoms with Gasteiger partial charge in [0, 0.05) is 19.3 Å². The first-order valence-electron chi connectivity index (χ1n) is 5.92. The summed E-state index contributed by atoms with van der Waals surface area (Å²) in [5.74, 6) is 0. The number of methoxy groups -OCH3 is 1. The van der Waals surface area contributed by atoms with Crippen LogP contribution in [0.3, 0.4) is 0 Å². The normalized spacial score (nSPS) is 19.9. The number of sulfonamides is 1. The van der Waals surface area contributed by atoms with Crippen molar-refractivity contribution in [1.29, 1.82) is 0 Å². The van der Waals surface area contributed by atoms with Crippen molar-refractivity contribution >= 4 is 15.7 Å². The van der Waals surface area contributed by atoms with E-state index in [2.05, 4.69) is 10.0 Å². The molecule has 18 heavy (non-hydrogen) atoms. The van der Waals surface area contributed by atoms with E-state index in [0.717, 1.165) is 12.1 Å². The van der Waals surface area contributed by atoms with E-state index in [0.29, 0.717) is 25.3 Å². The number of nitrogens with one attached hydrogen (secondary N) is 2. The molecule has 100 valence electrons. The van der Waals surface area contributed by atoms with Crippen molar-refractivity contribution in [3.05, 3.63) is 29.8 Å². The topological polar surface area (TPSA) is 67.4 Å². The van der Waals surface area contributed by atoms with Crippen molar-refractivity contribution in [2.45, 2.75) is 18.3 Å². The maximum atomic E-state index is 12.0. The molecule has 2 N–H and O–H groups in total. The Kier molecular flexibility index (Phi) is 4.21. The first-order chi connectivity index (χ1) is 8.62. The van der Waals surface area contributed by atoms with Gasteiger partial charge in [-0.05, 0) is 30.7 Å². The van der Waals surface area contributed by atoms with Crippen LogP contribution in [0.2, 0.25) is 0 Å². The summed E-state index contributed by atoms with van der Waals surface area (Å²) in [6.45, 7) is 1.81. The molecule has 1 aliphatic rings. The lowest BCUT2D eigenvalue weighted by molar-refractivity contribution is 0.185. The molecule has 1 atom stereocenters. The lowest BCUT2D eigenvalue weighted by atomic mass is 10.2. The molecule has 0 amide bonds. The number of benzene rings is 1. The molecular weight excluding hydrogens is 252 g/mol. The number of ether oxygens (including phenoxy) is 1. The maximum Gasteiger partial charge on any atom is 0.236 e. The Labute approximate surface area is 108 Å². The van der Waals surface area contributed by atoms with Crippen molar-refractivity contribution in [3.63, 3.8) is 0 Å². The van der Waals surface area contributed by atoms with E-state index in [1.165, 1.54) is 0 Å². The quantitative estimate of drug-likeness (QED) is 0.835. The Hall–Kier alpha value is -1.11. The van der Waals surface area contributed by atoms with Gasteiger partial charge in [0.25, 0.3) is 0 Å². The van der Waals surface area contributed by atoms with Crippen LogP contribution in [0.5, 0.6) is 0 Å². The van der Waals surface area contributed by atoms with Crippen molar-refractivity contribution < 1.29 is 13.2 Å². The zero-order chi connectivity index (χ0) is 13.0. The lowest BCUT2D eigenvalue weighted by Gasteiger charge is -2.13. The highest BCUT2D eigenvalue weighted by Crippen LogP contribution is 2.16. The molecule has 1 fully saturated rings. The maximum absolute atomic E-state index is 12.0. The minimum Gasteiger partial charge on any atom is -0.380 e. The first kappa shape index (κ1) is 13.3. The molecule has 1 unspecified atom stereocenters. The number of anilines is 1. The molecule has 0 bridgehead atoms. The third-order valence-electron chi connectivity index (χ3n) is 2.98. The molecule has 1 aromatic rings. The zero-order valence-corrected chi connectivity index (χ0v) is 11.2. The number of rotatable bonds is 5. The third kappa shape index (κ3) is 3.22. The molecular formula is C12H18N2O3S. The van der Waals surface area contributed by atoms with E-state index >= 15 is 0 Å². The fourth-order valence-electron chi connectivity index (χ4n) is 1.98. The van der Waals surface area contributed by atoms with E-state index in [1.54, 1.807) is 19.2 Å². The molecule has 0 spiro atoms. The Bertz CT molecular complexity index is 479. The Morgan fingerprint density at radius 2 is 2.11 bits per heavy atom. The van der Waals surface area contributed by atoms with Gasteiger partial charge in [-0.2, -0.15) is 0 Å². The minimum absolute atomic E-state index is 0.337. The summed E-state index contributed by atoms with van der Waals surface area (Å²) in [6, 6.07) is 7.23. The monoisotopic (exact) mass is 270 g/mol. The molecule has 5 nitrogen and oxygen atoms in total. The molecule has 1 saturated heterocycles. The van der Waals surface area contributed by atoms with Gasteiger partial charge in [-0.1, -0.05) is 12.1 Å². The summed E-state index contributed by atoms with van der Waals surface area (Å²) in [5.41, 5.74) is 1.62. The van der Waals surface area contributed by atoms with Crippen molar-refractivity contribution in [1.82, 2.24) is 5.32 Å². The SMILES string of the molecule is COCc1ccc(NS(=O)(=O)C2CCNC2)cc1. The van der Waals surface area contributed by atoms with Gasteiger partial charge >= 0.3 is 0 Å². The van der Waals surface area contributed by atoms with Gasteiger partial charge in [0.15, 0.2) is 0 Å². The molecule has 1 aromatic carbocycles. The van der Waals surface area contributed by atoms with E-state index in [1.807, 2.05) is 12.1 Å². The molecule has 0 aromatic heterocycles. The second-order valence-electron chi connectivity index (χ2n) is 4.39. The van der Waals surface area contributed by atoms with Crippen molar-refractivity contribution in [2.24, 2.45) is 0 Å². The fourth-order valence-corrected chi connectivity index (χ4v) is 3.37. The second kappa shape index (κ2) is 5.69. The van der Waals surface area contributed by atoms with Crippen molar-refractivity contribution in [3.8, 4) is 0 Å². The van der Waals surface area contributed by atoms with E-state index in [-0.39, 0.29) is 5.25 Å². The van der Waals surface area contributed by atoms with Gasteiger partial charge in [0.2, 0.25) is 10.0 Å². The van der Waals surface area contributed by atoms with Crippen LogP contribution in [-0.2, 0) is 21.4 Å². The highest BCUT2D eigenvalue weighted by molar-refractivity contribution is 7.93. The highest BCUT2D eigenvalue weighted by atomic mass is 32.2. The molecule has 6 heteroatoms. The van der Waals surface area contributed by atoms with Gasteiger partial charge < -0.3 is 10.1 Å². The van der Waals surface area contributed by atoms with Crippen LogP contribution in [0.25, 0.3) is 0 Å². The summed E-state index contributed by atoms with van der Waals surface area (Å²) in [7, 11) is -1.65. The van der Waals surface area contributed by atoms with Gasteiger partial charge in [-0.3, -0.25) is 4.72 Å². The van der Waals surface area contributed by atoms with Crippen LogP contribution in [0.15, 0.2) is 24.3 Å². The van der Waals surface area contributed by atoms with Crippen LogP contribution < -0.4 is 10.0 Å². The first-order valence-corrected chi connectivity index (χ1v) is 7.46. The Morgan fingerprint density at radius 1 is 1.39 bits per heavy atom. The van der Waals surface area contributed by atoms with E-state index in [9.17, 15) is 8.42 Å². The van der Waals surface area contributed by atoms with Crippen molar-refractivity contribution in [2.75, 3.05) is 24.9 Å². The fraction of sp³-hybridized carbons (Fsp3) is 0.500. The summed E-state index contributed by atoms with van der Waals surface area (Å²) in [6.07, 6.45) is 0.664. The van der Waals surface area contributed by atoms with Gasteiger partial charge in [-0.15, -0.1) is 0 Å². The lowest BCUT2D eigenvalue weighted by Crippen LogP contribution is -2.29. The zero-order valence-electron chi connectivity index (χ0n) is 10.3. The average Bonchev–Trinajstić information content (AvgIpc) is 2.86. The standard InChI is InChI=1S/C12H18N2O3S/c1-17-9-10-2-4-11(5-3-10)14-18(15,16)12-6-7-13-8-12/h2-5,12-14H,6-9H2,1H3. The molecule has 1 heterocycles. The molecule has 0 aliphatic carbocycles. The van der Waals surface area contributed by atoms with Gasteiger partial charge in [-0.25, -0.2) is 8.42 Å². The molecule has 1 aliphatic heterocycles. The largest absolute Gasteiger partial charge is 0.380 e. The minimum atomic E-state index is -3.28. The molecule has 0 radical (unpaired) electrons. The second-order valence-corrected chi connectivity index (χ2v) is 6.35. The molecule has 2 rings (SSSR count). The van der Waals surface area contributed by atoms with E-state index in [4.69, 9.17) is 4.74 Å². The van der Waals surface area contributed by atoms with Crippen LogP contribution in [0.1, 0.15) is 12.0 Å². The summed E-state index contributed by atoms with van der Waals surface area (Å²) < 4.78 is 31.7. The Morgan fingerprint density at radius 3 is 2.67 bits per heavy atom. The van der Waals surface area contributed by atoms with Crippen LogP contribution >= 0.6 is 0 Å². The van der Waals surface area contributed by atoms with Crippen LogP contribution in [-0.4, -0.2) is 33.9 Å².